The summed E-state index contributed by atoms with van der Waals surface area (Å²) in [5.74, 6) is 1.92. The molecule has 0 saturated heterocycles. The molecule has 2 aliphatic rings. The lowest BCUT2D eigenvalue weighted by atomic mass is 9.99. The van der Waals surface area contributed by atoms with Crippen LogP contribution in [0.25, 0.3) is 53.1 Å². The summed E-state index contributed by atoms with van der Waals surface area (Å²) >= 11 is 1.87. The first kappa shape index (κ1) is 25.3. The summed E-state index contributed by atoms with van der Waals surface area (Å²) in [7, 11) is 0. The number of aromatic nitrogens is 1. The number of aliphatic imine (C=N–C) groups is 2. The minimum absolute atomic E-state index is 0.172. The Morgan fingerprint density at radius 1 is 0.682 bits per heavy atom. The van der Waals surface area contributed by atoms with E-state index in [1.807, 2.05) is 17.4 Å². The third-order valence-electron chi connectivity index (χ3n) is 8.78. The molecule has 7 aromatic rings. The van der Waals surface area contributed by atoms with Crippen LogP contribution in [0, 0.1) is 5.92 Å². The average Bonchev–Trinajstić information content (AvgIpc) is 3.64. The molecule has 2 aromatic heterocycles. The number of nitrogens with zero attached hydrogens (tertiary/aromatic N) is 3. The molecule has 4 nitrogen and oxygen atoms in total. The second-order valence-corrected chi connectivity index (χ2v) is 12.4. The van der Waals surface area contributed by atoms with Crippen molar-refractivity contribution < 1.29 is 0 Å². The van der Waals surface area contributed by atoms with Gasteiger partial charge in [-0.2, -0.15) is 0 Å². The van der Waals surface area contributed by atoms with Crippen molar-refractivity contribution in [3.63, 3.8) is 0 Å². The van der Waals surface area contributed by atoms with Gasteiger partial charge in [-0.05, 0) is 41.3 Å². The largest absolute Gasteiger partial charge is 0.313 e. The Morgan fingerprint density at radius 3 is 2.36 bits per heavy atom. The van der Waals surface area contributed by atoms with Gasteiger partial charge in [-0.15, -0.1) is 11.3 Å². The Labute approximate surface area is 259 Å². The van der Waals surface area contributed by atoms with Gasteiger partial charge in [0.15, 0.2) is 6.17 Å². The van der Waals surface area contributed by atoms with E-state index in [1.165, 1.54) is 42.1 Å². The zero-order valence-corrected chi connectivity index (χ0v) is 24.7. The molecule has 3 heterocycles. The van der Waals surface area contributed by atoms with Gasteiger partial charge in [0.05, 0.1) is 11.0 Å². The first-order valence-corrected chi connectivity index (χ1v) is 15.9. The maximum atomic E-state index is 5.26. The number of amidine groups is 1. The van der Waals surface area contributed by atoms with Gasteiger partial charge in [0.1, 0.15) is 5.84 Å². The van der Waals surface area contributed by atoms with E-state index in [0.29, 0.717) is 0 Å². The van der Waals surface area contributed by atoms with Crippen LogP contribution in [0.4, 0.5) is 0 Å². The van der Waals surface area contributed by atoms with Crippen LogP contribution in [-0.2, 0) is 0 Å². The van der Waals surface area contributed by atoms with E-state index in [9.17, 15) is 0 Å². The number of para-hydroxylation sites is 1. The van der Waals surface area contributed by atoms with Crippen LogP contribution >= 0.6 is 11.3 Å². The van der Waals surface area contributed by atoms with Crippen LogP contribution < -0.4 is 5.32 Å². The van der Waals surface area contributed by atoms with Gasteiger partial charge in [-0.3, -0.25) is 4.57 Å². The smallest absolute Gasteiger partial charge is 0.211 e. The second-order valence-electron chi connectivity index (χ2n) is 11.4. The van der Waals surface area contributed by atoms with Crippen LogP contribution in [0.1, 0.15) is 18.2 Å². The van der Waals surface area contributed by atoms with Crippen LogP contribution in [0.3, 0.4) is 0 Å². The third kappa shape index (κ3) is 4.04. The topological polar surface area (TPSA) is 41.7 Å². The predicted octanol–water partition coefficient (Wildman–Crippen LogP) is 9.87. The Hall–Kier alpha value is -5.26. The summed E-state index contributed by atoms with van der Waals surface area (Å²) < 4.78 is 4.93. The molecule has 9 rings (SSSR count). The normalized spacial score (nSPS) is 18.2. The Bertz CT molecular complexity index is 2350. The Morgan fingerprint density at radius 2 is 1.48 bits per heavy atom. The summed E-state index contributed by atoms with van der Waals surface area (Å²) in [6.45, 7) is 0. The molecular weight excluding hydrogens is 557 g/mol. The molecule has 44 heavy (non-hydrogen) atoms. The number of allylic oxidation sites excluding steroid dienone is 3. The minimum atomic E-state index is -0.326. The van der Waals surface area contributed by atoms with Gasteiger partial charge in [-0.25, -0.2) is 9.98 Å². The molecule has 5 aromatic carbocycles. The highest BCUT2D eigenvalue weighted by Gasteiger charge is 2.26. The number of hydrogen-bond donors (Lipinski definition) is 1. The van der Waals surface area contributed by atoms with Crippen molar-refractivity contribution in [3.05, 3.63) is 145 Å². The SMILES string of the molecule is C1=CCC(C2=NC(c3ccccc3)N=C(n3c4ccccc4c4ccc(-c5cccc6c5sc5ccccc56)cc43)N2)C=C1. The third-order valence-corrected chi connectivity index (χ3v) is 10.00. The van der Waals surface area contributed by atoms with Crippen molar-refractivity contribution in [3.8, 4) is 11.1 Å². The molecule has 0 fully saturated rings. The number of thiophene rings is 1. The van der Waals surface area contributed by atoms with E-state index in [2.05, 4.69) is 143 Å². The van der Waals surface area contributed by atoms with Gasteiger partial charge >= 0.3 is 0 Å². The number of fused-ring (bicyclic) bond motifs is 6. The summed E-state index contributed by atoms with van der Waals surface area (Å²) in [5.41, 5.74) is 5.78. The van der Waals surface area contributed by atoms with E-state index < -0.39 is 0 Å². The predicted molar refractivity (Wildman–Crippen MR) is 187 cm³/mol. The number of hydrogen-bond acceptors (Lipinski definition) is 4. The van der Waals surface area contributed by atoms with Crippen molar-refractivity contribution in [2.24, 2.45) is 15.9 Å². The standard InChI is InChI=1S/C39H28N4S/c1-3-12-25(13-4-1)37-40-38(26-14-5-2-6-15-26)42-39(41-37)43-33-20-9-7-16-29(33)30-23-22-27(24-34(30)43)28-18-11-19-32-31-17-8-10-21-35(31)44-36(28)32/h1-14,16-24,26,37H,15H2,(H,40,41,42). The molecule has 1 aliphatic carbocycles. The van der Waals surface area contributed by atoms with Gasteiger partial charge in [0.2, 0.25) is 5.96 Å². The molecular formula is C39H28N4S. The van der Waals surface area contributed by atoms with E-state index >= 15 is 0 Å². The lowest BCUT2D eigenvalue weighted by Gasteiger charge is -2.26. The molecule has 1 N–H and O–H groups in total. The Kier molecular flexibility index (Phi) is 5.84. The highest BCUT2D eigenvalue weighted by atomic mass is 32.1. The Balaban J connectivity index is 1.26. The number of benzene rings is 5. The van der Waals surface area contributed by atoms with Crippen molar-refractivity contribution in [1.29, 1.82) is 0 Å². The summed E-state index contributed by atoms with van der Waals surface area (Å²) in [5, 5.41) is 8.73. The van der Waals surface area contributed by atoms with Crippen LogP contribution in [0.15, 0.2) is 150 Å². The van der Waals surface area contributed by atoms with Crippen molar-refractivity contribution in [2.45, 2.75) is 12.6 Å². The highest BCUT2D eigenvalue weighted by molar-refractivity contribution is 7.26. The number of nitrogens with one attached hydrogen (secondary N) is 1. The lowest BCUT2D eigenvalue weighted by molar-refractivity contribution is 0.711. The fourth-order valence-corrected chi connectivity index (χ4v) is 7.89. The summed E-state index contributed by atoms with van der Waals surface area (Å²) in [6, 6.07) is 41.3. The minimum Gasteiger partial charge on any atom is -0.313 e. The molecule has 0 radical (unpaired) electrons. The van der Waals surface area contributed by atoms with Gasteiger partial charge in [0, 0.05) is 36.9 Å². The fraction of sp³-hybridized carbons (Fsp3) is 0.0769. The molecule has 210 valence electrons. The lowest BCUT2D eigenvalue weighted by Crippen LogP contribution is -2.42. The van der Waals surface area contributed by atoms with E-state index in [4.69, 9.17) is 9.98 Å². The molecule has 5 heteroatoms. The van der Waals surface area contributed by atoms with Gasteiger partial charge in [-0.1, -0.05) is 121 Å². The first-order valence-electron chi connectivity index (χ1n) is 15.1. The van der Waals surface area contributed by atoms with E-state index in [0.717, 1.165) is 34.8 Å². The zero-order chi connectivity index (χ0) is 29.0. The molecule has 0 saturated carbocycles. The second kappa shape index (κ2) is 10.2. The van der Waals surface area contributed by atoms with Crippen molar-refractivity contribution in [2.75, 3.05) is 0 Å². The van der Waals surface area contributed by atoms with Gasteiger partial charge < -0.3 is 5.32 Å². The van der Waals surface area contributed by atoms with Crippen molar-refractivity contribution >= 4 is 65.1 Å². The van der Waals surface area contributed by atoms with Crippen LogP contribution in [0.5, 0.6) is 0 Å². The summed E-state index contributed by atoms with van der Waals surface area (Å²) in [6.07, 6.45) is 9.24. The maximum Gasteiger partial charge on any atom is 0.211 e. The van der Waals surface area contributed by atoms with Gasteiger partial charge in [0.25, 0.3) is 0 Å². The van der Waals surface area contributed by atoms with Crippen LogP contribution in [-0.4, -0.2) is 16.4 Å². The molecule has 0 amide bonds. The molecule has 2 unspecified atom stereocenters. The fourth-order valence-electron chi connectivity index (χ4n) is 6.66. The first-order chi connectivity index (χ1) is 21.8. The highest BCUT2D eigenvalue weighted by Crippen LogP contribution is 2.41. The molecule has 1 aliphatic heterocycles. The molecule has 2 atom stereocenters. The van der Waals surface area contributed by atoms with E-state index in [1.54, 1.807) is 0 Å². The van der Waals surface area contributed by atoms with Crippen molar-refractivity contribution in [1.82, 2.24) is 9.88 Å². The average molecular weight is 585 g/mol. The molecule has 0 spiro atoms. The quantitative estimate of drug-likeness (QED) is 0.221. The molecule has 0 bridgehead atoms. The summed E-state index contributed by atoms with van der Waals surface area (Å²) in [4.78, 5) is 10.4. The zero-order valence-electron chi connectivity index (χ0n) is 23.9. The maximum absolute atomic E-state index is 5.26. The van der Waals surface area contributed by atoms with E-state index in [-0.39, 0.29) is 12.1 Å². The van der Waals surface area contributed by atoms with Crippen LogP contribution in [0.2, 0.25) is 0 Å². The number of rotatable bonds is 3. The monoisotopic (exact) mass is 584 g/mol.